The van der Waals surface area contributed by atoms with Crippen molar-refractivity contribution in [2.24, 2.45) is 0 Å². The molecule has 1 aliphatic carbocycles. The maximum Gasteiger partial charge on any atom is 0.230 e. The minimum atomic E-state index is -0.314. The van der Waals surface area contributed by atoms with Crippen molar-refractivity contribution in [1.29, 1.82) is 0 Å². The molecule has 150 valence electrons. The zero-order chi connectivity index (χ0) is 20.2. The lowest BCUT2D eigenvalue weighted by Gasteiger charge is -2.13. The monoisotopic (exact) mass is 410 g/mol. The first-order chi connectivity index (χ1) is 14.1. The zero-order valence-corrected chi connectivity index (χ0v) is 17.0. The van der Waals surface area contributed by atoms with Crippen LogP contribution in [0.15, 0.2) is 59.8 Å². The van der Waals surface area contributed by atoms with Crippen LogP contribution in [-0.2, 0) is 4.79 Å². The van der Waals surface area contributed by atoms with Crippen LogP contribution in [0.1, 0.15) is 37.3 Å². The van der Waals surface area contributed by atoms with E-state index in [1.54, 1.807) is 18.2 Å². The van der Waals surface area contributed by atoms with Gasteiger partial charge in [-0.05, 0) is 36.5 Å². The maximum absolute atomic E-state index is 14.2. The molecule has 1 saturated carbocycles. The minimum absolute atomic E-state index is 0.0458. The molecule has 4 rings (SSSR count). The van der Waals surface area contributed by atoms with Crippen LogP contribution in [0.4, 0.5) is 4.39 Å². The van der Waals surface area contributed by atoms with Crippen molar-refractivity contribution < 1.29 is 9.18 Å². The van der Waals surface area contributed by atoms with Gasteiger partial charge in [0.1, 0.15) is 5.82 Å². The molecule has 1 amide bonds. The summed E-state index contributed by atoms with van der Waals surface area (Å²) in [7, 11) is 0. The van der Waals surface area contributed by atoms with Crippen LogP contribution < -0.4 is 5.32 Å². The number of hydrogen-bond donors (Lipinski definition) is 1. The predicted octanol–water partition coefficient (Wildman–Crippen LogP) is 4.43. The van der Waals surface area contributed by atoms with Crippen molar-refractivity contribution >= 4 is 17.7 Å². The molecule has 0 bridgehead atoms. The summed E-state index contributed by atoms with van der Waals surface area (Å²) >= 11 is 1.35. The molecule has 0 spiro atoms. The number of thioether (sulfide) groups is 1. The molecule has 1 N–H and O–H groups in total. The second-order valence-electron chi connectivity index (χ2n) is 7.29. The third kappa shape index (κ3) is 4.67. The standard InChI is InChI=1S/C22H23FN4OS/c1-15(16-7-3-2-4-8-16)13-24-20(28)14-29-22-26-25-21(27(22)17-11-12-17)18-9-5-6-10-19(18)23/h2-10,15,17H,11-14H2,1H3,(H,24,28)/t15-/m1/s1. The van der Waals surface area contributed by atoms with E-state index < -0.39 is 0 Å². The van der Waals surface area contributed by atoms with Gasteiger partial charge in [-0.2, -0.15) is 0 Å². The van der Waals surface area contributed by atoms with Crippen molar-refractivity contribution in [3.8, 4) is 11.4 Å². The quantitative estimate of drug-likeness (QED) is 0.558. The van der Waals surface area contributed by atoms with Gasteiger partial charge in [0.15, 0.2) is 11.0 Å². The average molecular weight is 411 g/mol. The molecular formula is C22H23FN4OS. The summed E-state index contributed by atoms with van der Waals surface area (Å²) in [6, 6.07) is 17.0. The van der Waals surface area contributed by atoms with E-state index in [0.29, 0.717) is 23.1 Å². The van der Waals surface area contributed by atoms with E-state index in [2.05, 4.69) is 34.6 Å². The number of nitrogens with zero attached hydrogens (tertiary/aromatic N) is 3. The Labute approximate surface area is 173 Å². The number of hydrogen-bond acceptors (Lipinski definition) is 4. The maximum atomic E-state index is 14.2. The molecule has 0 radical (unpaired) electrons. The van der Waals surface area contributed by atoms with Gasteiger partial charge in [-0.3, -0.25) is 9.36 Å². The average Bonchev–Trinajstić information content (AvgIpc) is 3.50. The normalized spacial score (nSPS) is 14.6. The highest BCUT2D eigenvalue weighted by Crippen LogP contribution is 2.41. The smallest absolute Gasteiger partial charge is 0.230 e. The SMILES string of the molecule is C[C@H](CNC(=O)CSc1nnc(-c2ccccc2F)n1C1CC1)c1ccccc1. The van der Waals surface area contributed by atoms with Crippen molar-refractivity contribution in [3.63, 3.8) is 0 Å². The Kier molecular flexibility index (Phi) is 5.94. The molecule has 2 aromatic carbocycles. The second kappa shape index (κ2) is 8.78. The van der Waals surface area contributed by atoms with E-state index in [1.165, 1.54) is 23.4 Å². The fourth-order valence-electron chi connectivity index (χ4n) is 3.21. The first-order valence-corrected chi connectivity index (χ1v) is 10.8. The molecule has 7 heteroatoms. The van der Waals surface area contributed by atoms with Gasteiger partial charge in [-0.25, -0.2) is 4.39 Å². The zero-order valence-electron chi connectivity index (χ0n) is 16.2. The first-order valence-electron chi connectivity index (χ1n) is 9.77. The van der Waals surface area contributed by atoms with Crippen LogP contribution in [0.2, 0.25) is 0 Å². The topological polar surface area (TPSA) is 59.8 Å². The van der Waals surface area contributed by atoms with Crippen molar-refractivity contribution in [2.45, 2.75) is 36.9 Å². The third-order valence-corrected chi connectivity index (χ3v) is 5.94. The van der Waals surface area contributed by atoms with Gasteiger partial charge in [0.05, 0.1) is 11.3 Å². The minimum Gasteiger partial charge on any atom is -0.355 e. The van der Waals surface area contributed by atoms with Crippen LogP contribution in [0.3, 0.4) is 0 Å². The van der Waals surface area contributed by atoms with E-state index in [9.17, 15) is 9.18 Å². The molecule has 0 aliphatic heterocycles. The van der Waals surface area contributed by atoms with Crippen LogP contribution in [-0.4, -0.2) is 33.0 Å². The molecule has 3 aromatic rings. The number of carbonyl (C=O) groups excluding carboxylic acids is 1. The number of aromatic nitrogens is 3. The molecule has 0 unspecified atom stereocenters. The van der Waals surface area contributed by atoms with Crippen LogP contribution >= 0.6 is 11.8 Å². The van der Waals surface area contributed by atoms with E-state index in [4.69, 9.17) is 0 Å². The molecule has 29 heavy (non-hydrogen) atoms. The lowest BCUT2D eigenvalue weighted by Crippen LogP contribution is -2.29. The largest absolute Gasteiger partial charge is 0.355 e. The van der Waals surface area contributed by atoms with Gasteiger partial charge in [0.25, 0.3) is 0 Å². The van der Waals surface area contributed by atoms with Crippen molar-refractivity contribution in [2.75, 3.05) is 12.3 Å². The Morgan fingerprint density at radius 3 is 2.62 bits per heavy atom. The highest BCUT2D eigenvalue weighted by atomic mass is 32.2. The molecule has 1 heterocycles. The highest BCUT2D eigenvalue weighted by Gasteiger charge is 2.31. The summed E-state index contributed by atoms with van der Waals surface area (Å²) in [5, 5.41) is 12.1. The summed E-state index contributed by atoms with van der Waals surface area (Å²) in [6.07, 6.45) is 2.04. The predicted molar refractivity (Wildman–Crippen MR) is 112 cm³/mol. The summed E-state index contributed by atoms with van der Waals surface area (Å²) in [4.78, 5) is 12.3. The Bertz CT molecular complexity index is 987. The van der Waals surface area contributed by atoms with Crippen molar-refractivity contribution in [1.82, 2.24) is 20.1 Å². The molecule has 0 saturated heterocycles. The Morgan fingerprint density at radius 2 is 1.90 bits per heavy atom. The van der Waals surface area contributed by atoms with Gasteiger partial charge in [0, 0.05) is 12.6 Å². The van der Waals surface area contributed by atoms with Gasteiger partial charge in [-0.15, -0.1) is 10.2 Å². The van der Waals surface area contributed by atoms with Crippen molar-refractivity contribution in [3.05, 3.63) is 66.0 Å². The van der Waals surface area contributed by atoms with E-state index >= 15 is 0 Å². The highest BCUT2D eigenvalue weighted by molar-refractivity contribution is 7.99. The number of amides is 1. The fourth-order valence-corrected chi connectivity index (χ4v) is 4.05. The molecule has 1 aromatic heterocycles. The summed E-state index contributed by atoms with van der Waals surface area (Å²) in [6.45, 7) is 2.67. The lowest BCUT2D eigenvalue weighted by molar-refractivity contribution is -0.118. The molecule has 1 fully saturated rings. The van der Waals surface area contributed by atoms with Gasteiger partial charge < -0.3 is 5.32 Å². The number of rotatable bonds is 8. The van der Waals surface area contributed by atoms with Crippen LogP contribution in [0.25, 0.3) is 11.4 Å². The molecule has 1 atom stereocenters. The Hall–Kier alpha value is -2.67. The van der Waals surface area contributed by atoms with E-state index in [0.717, 1.165) is 12.8 Å². The first kappa shape index (κ1) is 19.6. The number of halogens is 1. The van der Waals surface area contributed by atoms with Crippen LogP contribution in [0, 0.1) is 5.82 Å². The van der Waals surface area contributed by atoms with E-state index in [-0.39, 0.29) is 29.4 Å². The third-order valence-electron chi connectivity index (χ3n) is 5.00. The fraction of sp³-hybridized carbons (Fsp3) is 0.318. The number of benzene rings is 2. The van der Waals surface area contributed by atoms with Gasteiger partial charge in [0.2, 0.25) is 5.91 Å². The Balaban J connectivity index is 1.39. The molecular weight excluding hydrogens is 387 g/mol. The van der Waals surface area contributed by atoms with E-state index in [1.807, 2.05) is 22.8 Å². The molecule has 5 nitrogen and oxygen atoms in total. The summed E-state index contributed by atoms with van der Waals surface area (Å²) < 4.78 is 16.2. The number of nitrogens with one attached hydrogen (secondary N) is 1. The second-order valence-corrected chi connectivity index (χ2v) is 8.23. The summed E-state index contributed by atoms with van der Waals surface area (Å²) in [5.41, 5.74) is 1.64. The van der Waals surface area contributed by atoms with Gasteiger partial charge >= 0.3 is 0 Å². The molecule has 1 aliphatic rings. The lowest BCUT2D eigenvalue weighted by atomic mass is 10.0. The Morgan fingerprint density at radius 1 is 1.17 bits per heavy atom. The van der Waals surface area contributed by atoms with Gasteiger partial charge in [-0.1, -0.05) is 61.2 Å². The van der Waals surface area contributed by atoms with Crippen LogP contribution in [0.5, 0.6) is 0 Å². The number of carbonyl (C=O) groups is 1. The summed E-state index contributed by atoms with van der Waals surface area (Å²) in [5.74, 6) is 0.671.